The Balaban J connectivity index is 3.50. The number of hydrogen-bond acceptors (Lipinski definition) is 1. The van der Waals surface area contributed by atoms with Gasteiger partial charge in [0.25, 0.3) is 6.43 Å². The van der Waals surface area contributed by atoms with Crippen LogP contribution in [0.2, 0.25) is 0 Å². The summed E-state index contributed by atoms with van der Waals surface area (Å²) < 4.78 is 25.7. The highest BCUT2D eigenvalue weighted by molar-refractivity contribution is 9.10. The Hall–Kier alpha value is -0.770. The van der Waals surface area contributed by atoms with Crippen LogP contribution in [-0.2, 0) is 0 Å². The molecule has 0 saturated heterocycles. The molecule has 1 rings (SSSR count). The van der Waals surface area contributed by atoms with Gasteiger partial charge in [0.1, 0.15) is 0 Å². The van der Waals surface area contributed by atoms with Crippen LogP contribution in [0, 0.1) is 6.92 Å². The zero-order valence-electron chi connectivity index (χ0n) is 7.77. The molecule has 1 aromatic rings. The number of Topliss-reactive ketones (excluding diaryl/α,β-unsaturated/α-hetero) is 1. The monoisotopic (exact) mass is 262 g/mol. The second-order valence-corrected chi connectivity index (χ2v) is 3.86. The summed E-state index contributed by atoms with van der Waals surface area (Å²) in [6, 6.07) is 3.18. The van der Waals surface area contributed by atoms with Gasteiger partial charge in [-0.25, -0.2) is 8.78 Å². The number of carbonyl (C=O) groups excluding carboxylic acids is 1. The van der Waals surface area contributed by atoms with E-state index in [1.165, 1.54) is 6.92 Å². The third-order valence-electron chi connectivity index (χ3n) is 1.98. The summed E-state index contributed by atoms with van der Waals surface area (Å²) in [4.78, 5) is 11.2. The predicted molar refractivity (Wildman–Crippen MR) is 53.8 cm³/mol. The Morgan fingerprint density at radius 2 is 2.00 bits per heavy atom. The fourth-order valence-electron chi connectivity index (χ4n) is 1.34. The number of ketones is 1. The highest BCUT2D eigenvalue weighted by atomic mass is 79.9. The molecule has 0 aromatic heterocycles. The maximum atomic E-state index is 12.7. The summed E-state index contributed by atoms with van der Waals surface area (Å²) in [6.07, 6.45) is -2.62. The number of halogens is 3. The van der Waals surface area contributed by atoms with Gasteiger partial charge in [-0.15, -0.1) is 0 Å². The molecule has 0 unspecified atom stereocenters. The lowest BCUT2D eigenvalue weighted by molar-refractivity contribution is 0.0997. The molecular weight excluding hydrogens is 254 g/mol. The van der Waals surface area contributed by atoms with Gasteiger partial charge in [0.15, 0.2) is 5.78 Å². The molecule has 0 amide bonds. The summed E-state index contributed by atoms with van der Waals surface area (Å²) in [5.74, 6) is -0.351. The predicted octanol–water partition coefficient (Wildman–Crippen LogP) is 3.90. The van der Waals surface area contributed by atoms with Crippen LogP contribution >= 0.6 is 15.9 Å². The van der Waals surface area contributed by atoms with Crippen LogP contribution in [0.4, 0.5) is 8.78 Å². The molecule has 14 heavy (non-hydrogen) atoms. The van der Waals surface area contributed by atoms with Gasteiger partial charge in [-0.3, -0.25) is 4.79 Å². The second-order valence-electron chi connectivity index (χ2n) is 3.01. The SMILES string of the molecule is CC(=O)c1c(Br)ccc(C)c1C(F)F. The number of alkyl halides is 2. The minimum Gasteiger partial charge on any atom is -0.294 e. The zero-order chi connectivity index (χ0) is 10.9. The lowest BCUT2D eigenvalue weighted by Gasteiger charge is -2.11. The van der Waals surface area contributed by atoms with Crippen molar-refractivity contribution in [3.8, 4) is 0 Å². The third-order valence-corrected chi connectivity index (χ3v) is 2.64. The van der Waals surface area contributed by atoms with Crippen molar-refractivity contribution < 1.29 is 13.6 Å². The Bertz CT molecular complexity index is 375. The third kappa shape index (κ3) is 2.00. The standard InChI is InChI=1S/C10H9BrF2O/c1-5-3-4-7(11)9(6(2)14)8(5)10(12)13/h3-4,10H,1-2H3. The first-order valence-electron chi connectivity index (χ1n) is 4.03. The summed E-state index contributed by atoms with van der Waals surface area (Å²) in [5.41, 5.74) is 0.347. The lowest BCUT2D eigenvalue weighted by Crippen LogP contribution is -2.03. The molecule has 0 atom stereocenters. The number of benzene rings is 1. The summed E-state index contributed by atoms with van der Waals surface area (Å²) in [7, 11) is 0. The van der Waals surface area contributed by atoms with E-state index in [-0.39, 0.29) is 16.9 Å². The second kappa shape index (κ2) is 4.17. The van der Waals surface area contributed by atoms with Crippen molar-refractivity contribution in [3.63, 3.8) is 0 Å². The molecule has 0 aliphatic heterocycles. The molecule has 0 saturated carbocycles. The molecule has 1 nitrogen and oxygen atoms in total. The first-order valence-corrected chi connectivity index (χ1v) is 4.82. The maximum absolute atomic E-state index is 12.7. The van der Waals surface area contributed by atoms with Gasteiger partial charge in [0, 0.05) is 15.6 Å². The van der Waals surface area contributed by atoms with Crippen molar-refractivity contribution >= 4 is 21.7 Å². The lowest BCUT2D eigenvalue weighted by atomic mass is 10.00. The number of rotatable bonds is 2. The topological polar surface area (TPSA) is 17.1 Å². The number of carbonyl (C=O) groups is 1. The van der Waals surface area contributed by atoms with Crippen molar-refractivity contribution in [3.05, 3.63) is 33.3 Å². The van der Waals surface area contributed by atoms with E-state index in [1.807, 2.05) is 0 Å². The van der Waals surface area contributed by atoms with Crippen LogP contribution in [0.3, 0.4) is 0 Å². The Morgan fingerprint density at radius 3 is 2.36 bits per heavy atom. The first-order chi connectivity index (χ1) is 6.45. The molecule has 0 fully saturated rings. The van der Waals surface area contributed by atoms with E-state index in [1.54, 1.807) is 19.1 Å². The molecule has 0 N–H and O–H groups in total. The van der Waals surface area contributed by atoms with E-state index in [4.69, 9.17) is 0 Å². The normalized spacial score (nSPS) is 10.7. The van der Waals surface area contributed by atoms with Gasteiger partial charge in [-0.2, -0.15) is 0 Å². The van der Waals surface area contributed by atoms with Gasteiger partial charge in [0.2, 0.25) is 0 Å². The zero-order valence-corrected chi connectivity index (χ0v) is 9.36. The average Bonchev–Trinajstić information content (AvgIpc) is 2.07. The molecule has 0 bridgehead atoms. The van der Waals surface area contributed by atoms with Crippen molar-refractivity contribution in [2.24, 2.45) is 0 Å². The van der Waals surface area contributed by atoms with Crippen molar-refractivity contribution in [1.29, 1.82) is 0 Å². The Morgan fingerprint density at radius 1 is 1.43 bits per heavy atom. The van der Waals surface area contributed by atoms with E-state index in [9.17, 15) is 13.6 Å². The smallest absolute Gasteiger partial charge is 0.264 e. The fraction of sp³-hybridized carbons (Fsp3) is 0.300. The first kappa shape index (κ1) is 11.3. The molecular formula is C10H9BrF2O. The summed E-state index contributed by atoms with van der Waals surface area (Å²) in [5, 5.41) is 0. The van der Waals surface area contributed by atoms with Crippen LogP contribution in [0.15, 0.2) is 16.6 Å². The average molecular weight is 263 g/mol. The van der Waals surface area contributed by atoms with E-state index in [0.717, 1.165) is 0 Å². The molecule has 0 radical (unpaired) electrons. The van der Waals surface area contributed by atoms with E-state index < -0.39 is 6.43 Å². The largest absolute Gasteiger partial charge is 0.294 e. The molecule has 0 heterocycles. The highest BCUT2D eigenvalue weighted by Crippen LogP contribution is 2.31. The van der Waals surface area contributed by atoms with Crippen molar-refractivity contribution in [2.75, 3.05) is 0 Å². The molecule has 0 aliphatic rings. The van der Waals surface area contributed by atoms with Crippen LogP contribution in [0.1, 0.15) is 34.8 Å². The molecule has 4 heteroatoms. The van der Waals surface area contributed by atoms with Crippen LogP contribution in [-0.4, -0.2) is 5.78 Å². The number of hydrogen-bond donors (Lipinski definition) is 0. The van der Waals surface area contributed by atoms with Crippen molar-refractivity contribution in [1.82, 2.24) is 0 Å². The van der Waals surface area contributed by atoms with E-state index >= 15 is 0 Å². The Labute approximate surface area is 89.3 Å². The Kier molecular flexibility index (Phi) is 3.37. The van der Waals surface area contributed by atoms with E-state index in [0.29, 0.717) is 10.0 Å². The van der Waals surface area contributed by atoms with Gasteiger partial charge >= 0.3 is 0 Å². The van der Waals surface area contributed by atoms with E-state index in [2.05, 4.69) is 15.9 Å². The quantitative estimate of drug-likeness (QED) is 0.739. The van der Waals surface area contributed by atoms with Gasteiger partial charge in [-0.05, 0) is 25.5 Å². The highest BCUT2D eigenvalue weighted by Gasteiger charge is 2.20. The van der Waals surface area contributed by atoms with Crippen LogP contribution in [0.25, 0.3) is 0 Å². The molecule has 0 aliphatic carbocycles. The minimum absolute atomic E-state index is 0.0833. The molecule has 76 valence electrons. The van der Waals surface area contributed by atoms with Crippen LogP contribution in [0.5, 0.6) is 0 Å². The van der Waals surface area contributed by atoms with Gasteiger partial charge < -0.3 is 0 Å². The molecule has 0 spiro atoms. The van der Waals surface area contributed by atoms with Crippen molar-refractivity contribution in [2.45, 2.75) is 20.3 Å². The maximum Gasteiger partial charge on any atom is 0.264 e. The van der Waals surface area contributed by atoms with Crippen LogP contribution < -0.4 is 0 Å². The summed E-state index contributed by atoms with van der Waals surface area (Å²) in [6.45, 7) is 2.85. The summed E-state index contributed by atoms with van der Waals surface area (Å²) >= 11 is 3.10. The van der Waals surface area contributed by atoms with Gasteiger partial charge in [-0.1, -0.05) is 22.0 Å². The number of aryl methyl sites for hydroxylation is 1. The fourth-order valence-corrected chi connectivity index (χ4v) is 1.96. The minimum atomic E-state index is -2.62. The molecule has 1 aromatic carbocycles. The van der Waals surface area contributed by atoms with Gasteiger partial charge in [0.05, 0.1) is 0 Å².